The number of esters is 1. The van der Waals surface area contributed by atoms with E-state index in [1.807, 2.05) is 13.0 Å². The van der Waals surface area contributed by atoms with Gasteiger partial charge in [0.15, 0.2) is 0 Å². The summed E-state index contributed by atoms with van der Waals surface area (Å²) in [4.78, 5) is 22.9. The second-order valence-electron chi connectivity index (χ2n) is 8.72. The van der Waals surface area contributed by atoms with Crippen molar-refractivity contribution in [2.75, 3.05) is 6.61 Å². The Balaban J connectivity index is 2.16. The molecule has 4 atom stereocenters. The van der Waals surface area contributed by atoms with Crippen LogP contribution in [0.4, 0.5) is 0 Å². The van der Waals surface area contributed by atoms with Crippen molar-refractivity contribution in [1.82, 2.24) is 0 Å². The van der Waals surface area contributed by atoms with Crippen LogP contribution in [0.5, 0.6) is 0 Å². The van der Waals surface area contributed by atoms with Gasteiger partial charge < -0.3 is 9.84 Å². The molecule has 0 saturated heterocycles. The highest BCUT2D eigenvalue weighted by Crippen LogP contribution is 2.58. The van der Waals surface area contributed by atoms with E-state index in [9.17, 15) is 14.7 Å². The Morgan fingerprint density at radius 1 is 1.31 bits per heavy atom. The van der Waals surface area contributed by atoms with Gasteiger partial charge in [0.05, 0.1) is 5.41 Å². The lowest BCUT2D eigenvalue weighted by Crippen LogP contribution is -2.47. The Bertz CT molecular complexity index is 618. The second kappa shape index (κ2) is 7.98. The SMILES string of the molecule is CC(=O)OCC=C(C)CCC1(C)C2=CCCC(C)(C(=O)O)C2CCC1C. The molecule has 2 rings (SSSR count). The summed E-state index contributed by atoms with van der Waals surface area (Å²) in [5.74, 6) is -0.213. The largest absolute Gasteiger partial charge is 0.481 e. The number of carbonyl (C=O) groups excluding carboxylic acids is 1. The van der Waals surface area contributed by atoms with Gasteiger partial charge in [-0.05, 0) is 75.7 Å². The van der Waals surface area contributed by atoms with Crippen molar-refractivity contribution >= 4 is 11.9 Å². The second-order valence-corrected chi connectivity index (χ2v) is 8.72. The minimum absolute atomic E-state index is 0.0383. The van der Waals surface area contributed by atoms with E-state index in [0.717, 1.165) is 38.5 Å². The van der Waals surface area contributed by atoms with Gasteiger partial charge in [-0.25, -0.2) is 0 Å². The first-order chi connectivity index (χ1) is 12.1. The van der Waals surface area contributed by atoms with Gasteiger partial charge in [0.25, 0.3) is 0 Å². The fraction of sp³-hybridized carbons (Fsp3) is 0.727. The molecule has 0 aromatic carbocycles. The third-order valence-electron chi connectivity index (χ3n) is 7.05. The zero-order valence-corrected chi connectivity index (χ0v) is 16.9. The molecular formula is C22H34O4. The molecule has 146 valence electrons. The van der Waals surface area contributed by atoms with Gasteiger partial charge in [0, 0.05) is 6.92 Å². The topological polar surface area (TPSA) is 63.6 Å². The van der Waals surface area contributed by atoms with E-state index in [0.29, 0.717) is 12.5 Å². The number of carboxylic acids is 1. The lowest BCUT2D eigenvalue weighted by atomic mass is 9.51. The van der Waals surface area contributed by atoms with Crippen LogP contribution < -0.4 is 0 Å². The molecule has 2 aliphatic rings. The van der Waals surface area contributed by atoms with Crippen LogP contribution in [-0.2, 0) is 14.3 Å². The summed E-state index contributed by atoms with van der Waals surface area (Å²) in [6.45, 7) is 10.4. The number of allylic oxidation sites excluding steroid dienone is 3. The van der Waals surface area contributed by atoms with Crippen LogP contribution in [0.3, 0.4) is 0 Å². The number of hydrogen-bond donors (Lipinski definition) is 1. The van der Waals surface area contributed by atoms with Crippen molar-refractivity contribution in [3.63, 3.8) is 0 Å². The predicted molar refractivity (Wildman–Crippen MR) is 103 cm³/mol. The molecule has 4 nitrogen and oxygen atoms in total. The van der Waals surface area contributed by atoms with Crippen LogP contribution >= 0.6 is 0 Å². The highest BCUT2D eigenvalue weighted by Gasteiger charge is 2.52. The number of hydrogen-bond acceptors (Lipinski definition) is 3. The van der Waals surface area contributed by atoms with E-state index in [-0.39, 0.29) is 17.3 Å². The van der Waals surface area contributed by atoms with Gasteiger partial charge in [-0.15, -0.1) is 0 Å². The molecule has 26 heavy (non-hydrogen) atoms. The maximum Gasteiger partial charge on any atom is 0.309 e. The number of carbonyl (C=O) groups is 2. The molecule has 2 aliphatic carbocycles. The maximum atomic E-state index is 12.0. The number of rotatable bonds is 6. The Morgan fingerprint density at radius 3 is 2.62 bits per heavy atom. The summed E-state index contributed by atoms with van der Waals surface area (Å²) in [5, 5.41) is 9.85. The number of ether oxygens (including phenoxy) is 1. The predicted octanol–water partition coefficient (Wildman–Crippen LogP) is 5.14. The molecule has 0 amide bonds. The van der Waals surface area contributed by atoms with Gasteiger partial charge >= 0.3 is 11.9 Å². The quantitative estimate of drug-likeness (QED) is 0.525. The van der Waals surface area contributed by atoms with Crippen molar-refractivity contribution in [2.24, 2.45) is 22.7 Å². The summed E-state index contributed by atoms with van der Waals surface area (Å²) < 4.78 is 5.00. The standard InChI is InChI=1S/C22H34O4/c1-15(11-14-26-17(3)23)10-13-21(4)16(2)8-9-19-18(21)7-6-12-22(19,5)20(24)25/h7,11,16,19H,6,8-10,12-14H2,1-5H3,(H,24,25). The summed E-state index contributed by atoms with van der Waals surface area (Å²) in [7, 11) is 0. The molecule has 0 radical (unpaired) electrons. The van der Waals surface area contributed by atoms with Gasteiger partial charge in [-0.2, -0.15) is 0 Å². The van der Waals surface area contributed by atoms with E-state index in [4.69, 9.17) is 4.74 Å². The van der Waals surface area contributed by atoms with Crippen molar-refractivity contribution in [2.45, 2.75) is 73.1 Å². The van der Waals surface area contributed by atoms with Crippen molar-refractivity contribution in [3.8, 4) is 0 Å². The zero-order valence-electron chi connectivity index (χ0n) is 16.9. The van der Waals surface area contributed by atoms with Gasteiger partial charge in [-0.1, -0.05) is 31.1 Å². The Kier molecular flexibility index (Phi) is 6.36. The summed E-state index contributed by atoms with van der Waals surface area (Å²) in [6, 6.07) is 0. The van der Waals surface area contributed by atoms with E-state index >= 15 is 0 Å². The van der Waals surface area contributed by atoms with Crippen LogP contribution in [0.15, 0.2) is 23.3 Å². The van der Waals surface area contributed by atoms with E-state index in [2.05, 4.69) is 26.8 Å². The van der Waals surface area contributed by atoms with Crippen molar-refractivity contribution < 1.29 is 19.4 Å². The minimum atomic E-state index is -0.650. The molecule has 4 unspecified atom stereocenters. The van der Waals surface area contributed by atoms with Gasteiger partial charge in [-0.3, -0.25) is 9.59 Å². The zero-order chi connectivity index (χ0) is 19.5. The minimum Gasteiger partial charge on any atom is -0.481 e. The van der Waals surface area contributed by atoms with Crippen LogP contribution in [0.2, 0.25) is 0 Å². The molecule has 4 heteroatoms. The molecule has 0 spiro atoms. The molecule has 0 heterocycles. The van der Waals surface area contributed by atoms with Crippen molar-refractivity contribution in [3.05, 3.63) is 23.3 Å². The Morgan fingerprint density at radius 2 is 2.00 bits per heavy atom. The molecular weight excluding hydrogens is 328 g/mol. The molecule has 1 N–H and O–H groups in total. The fourth-order valence-electron chi connectivity index (χ4n) is 4.82. The first-order valence-corrected chi connectivity index (χ1v) is 9.84. The maximum absolute atomic E-state index is 12.0. The number of aliphatic carboxylic acids is 1. The summed E-state index contributed by atoms with van der Waals surface area (Å²) in [5.41, 5.74) is 2.00. The number of carboxylic acid groups (broad SMARTS) is 1. The van der Waals surface area contributed by atoms with E-state index in [1.54, 1.807) is 0 Å². The molecule has 0 aromatic rings. The molecule has 0 aromatic heterocycles. The average Bonchev–Trinajstić information content (AvgIpc) is 2.56. The third kappa shape index (κ3) is 4.05. The van der Waals surface area contributed by atoms with E-state index < -0.39 is 11.4 Å². The average molecular weight is 363 g/mol. The first-order valence-electron chi connectivity index (χ1n) is 9.84. The van der Waals surface area contributed by atoms with Crippen LogP contribution in [0.1, 0.15) is 73.1 Å². The Hall–Kier alpha value is -1.58. The Labute approximate surface area is 157 Å². The molecule has 1 saturated carbocycles. The normalized spacial score (nSPS) is 34.7. The smallest absolute Gasteiger partial charge is 0.309 e. The van der Waals surface area contributed by atoms with E-state index in [1.165, 1.54) is 18.1 Å². The number of fused-ring (bicyclic) bond motifs is 1. The van der Waals surface area contributed by atoms with Crippen LogP contribution in [0, 0.1) is 22.7 Å². The summed E-state index contributed by atoms with van der Waals surface area (Å²) >= 11 is 0. The lowest BCUT2D eigenvalue weighted by molar-refractivity contribution is -0.153. The van der Waals surface area contributed by atoms with Crippen LogP contribution in [0.25, 0.3) is 0 Å². The monoisotopic (exact) mass is 362 g/mol. The third-order valence-corrected chi connectivity index (χ3v) is 7.05. The van der Waals surface area contributed by atoms with Gasteiger partial charge in [0.2, 0.25) is 0 Å². The highest BCUT2D eigenvalue weighted by molar-refractivity contribution is 5.75. The van der Waals surface area contributed by atoms with Gasteiger partial charge in [0.1, 0.15) is 6.61 Å². The molecule has 1 fully saturated rings. The lowest BCUT2D eigenvalue weighted by Gasteiger charge is -2.52. The molecule has 0 bridgehead atoms. The highest BCUT2D eigenvalue weighted by atomic mass is 16.5. The fourth-order valence-corrected chi connectivity index (χ4v) is 4.82. The van der Waals surface area contributed by atoms with Crippen molar-refractivity contribution in [1.29, 1.82) is 0 Å². The molecule has 0 aliphatic heterocycles. The first kappa shape index (κ1) is 20.7. The van der Waals surface area contributed by atoms with Crippen LogP contribution in [-0.4, -0.2) is 23.7 Å². The summed E-state index contributed by atoms with van der Waals surface area (Å²) in [6.07, 6.45) is 9.92.